The van der Waals surface area contributed by atoms with Crippen molar-refractivity contribution in [2.45, 2.75) is 0 Å². The molecule has 6 rings (SSSR count). The molecule has 4 aromatic rings. The molecule has 0 unspecified atom stereocenters. The Morgan fingerprint density at radius 2 is 0.968 bits per heavy atom. The molecule has 7 heteroatoms. The summed E-state index contributed by atoms with van der Waals surface area (Å²) in [5.74, 6) is -2.95. The third-order valence-corrected chi connectivity index (χ3v) is 6.11. The van der Waals surface area contributed by atoms with Gasteiger partial charge in [-0.25, -0.2) is 0 Å². The number of rotatable bonds is 1. The molecule has 0 saturated heterocycles. The van der Waals surface area contributed by atoms with Crippen LogP contribution in [-0.4, -0.2) is 33.6 Å². The van der Waals surface area contributed by atoms with Gasteiger partial charge in [-0.05, 0) is 35.7 Å². The Labute approximate surface area is 180 Å². The van der Waals surface area contributed by atoms with Gasteiger partial charge >= 0.3 is 0 Å². The summed E-state index contributed by atoms with van der Waals surface area (Å²) in [7, 11) is 0. The third kappa shape index (κ3) is 2.17. The Morgan fingerprint density at radius 1 is 0.516 bits per heavy atom. The average Bonchev–Trinajstić information content (AvgIpc) is 2.78. The van der Waals surface area contributed by atoms with Crippen LogP contribution in [0.15, 0.2) is 66.7 Å². The smallest absolute Gasteiger partial charge is 0.267 e. The van der Waals surface area contributed by atoms with E-state index in [1.807, 2.05) is 0 Å². The monoisotopic (exact) mass is 426 g/mol. The number of halogens is 1. The van der Waals surface area contributed by atoms with Gasteiger partial charge in [-0.3, -0.25) is 19.2 Å². The molecular formula is C24H11ClN2O4. The van der Waals surface area contributed by atoms with Crippen LogP contribution in [0.5, 0.6) is 0 Å². The Balaban J connectivity index is 1.58. The molecule has 148 valence electrons. The number of nitrogens with zero attached hydrogens (tertiary/aromatic N) is 2. The number of imide groups is 2. The number of carbonyl (C=O) groups excluding carboxylic acids is 4. The van der Waals surface area contributed by atoms with Gasteiger partial charge in [0.05, 0.1) is 22.3 Å². The van der Waals surface area contributed by atoms with Crippen LogP contribution in [0.25, 0.3) is 21.5 Å². The van der Waals surface area contributed by atoms with Crippen molar-refractivity contribution in [2.75, 3.05) is 0 Å². The summed E-state index contributed by atoms with van der Waals surface area (Å²) in [5, 5.41) is 3.92. The lowest BCUT2D eigenvalue weighted by Gasteiger charge is -2.36. The summed E-state index contributed by atoms with van der Waals surface area (Å²) in [6.45, 7) is 0. The highest BCUT2D eigenvalue weighted by Gasteiger charge is 2.45. The lowest BCUT2D eigenvalue weighted by molar-refractivity contribution is 0.00212. The van der Waals surface area contributed by atoms with Crippen molar-refractivity contribution in [1.29, 1.82) is 0 Å². The first-order valence-electron chi connectivity index (χ1n) is 9.49. The van der Waals surface area contributed by atoms with Gasteiger partial charge in [0.25, 0.3) is 23.6 Å². The van der Waals surface area contributed by atoms with Crippen LogP contribution in [0.1, 0.15) is 41.4 Å². The zero-order chi connectivity index (χ0) is 21.4. The molecule has 2 aliphatic rings. The van der Waals surface area contributed by atoms with Crippen molar-refractivity contribution in [2.24, 2.45) is 0 Å². The zero-order valence-corrected chi connectivity index (χ0v) is 16.5. The van der Waals surface area contributed by atoms with Gasteiger partial charge in [0.2, 0.25) is 0 Å². The van der Waals surface area contributed by atoms with Gasteiger partial charge in [0.1, 0.15) is 0 Å². The van der Waals surface area contributed by atoms with Crippen molar-refractivity contribution in [3.63, 3.8) is 0 Å². The van der Waals surface area contributed by atoms with Crippen LogP contribution in [0.4, 0.5) is 0 Å². The van der Waals surface area contributed by atoms with Gasteiger partial charge in [0.15, 0.2) is 0 Å². The van der Waals surface area contributed by atoms with Crippen LogP contribution in [0.3, 0.4) is 0 Å². The van der Waals surface area contributed by atoms with E-state index in [1.165, 1.54) is 6.07 Å². The molecular weight excluding hydrogens is 416 g/mol. The first-order chi connectivity index (χ1) is 15.0. The molecule has 0 aromatic heterocycles. The molecule has 31 heavy (non-hydrogen) atoms. The van der Waals surface area contributed by atoms with E-state index >= 15 is 0 Å². The molecule has 0 N–H and O–H groups in total. The van der Waals surface area contributed by atoms with Gasteiger partial charge in [-0.2, -0.15) is 10.0 Å². The highest BCUT2D eigenvalue weighted by molar-refractivity contribution is 6.38. The average molecular weight is 427 g/mol. The molecule has 0 saturated carbocycles. The van der Waals surface area contributed by atoms with E-state index in [4.69, 9.17) is 11.6 Å². The fourth-order valence-electron chi connectivity index (χ4n) is 4.43. The van der Waals surface area contributed by atoms with Crippen molar-refractivity contribution in [3.05, 3.63) is 94.0 Å². The number of hydrazine groups is 1. The second-order valence-electron chi connectivity index (χ2n) is 7.38. The standard InChI is InChI=1S/C24H11ClN2O4/c25-18-11-10-17-20-13(18)6-3-9-16(20)23(30)27(24(17)31)26-21(28)14-7-1-4-12-5-2-8-15(19(12)14)22(26)29/h1-11H. The fourth-order valence-corrected chi connectivity index (χ4v) is 4.65. The predicted molar refractivity (Wildman–Crippen MR) is 114 cm³/mol. The van der Waals surface area contributed by atoms with E-state index in [9.17, 15) is 19.2 Å². The minimum absolute atomic E-state index is 0.201. The summed E-state index contributed by atoms with van der Waals surface area (Å²) in [6, 6.07) is 18.2. The fraction of sp³-hybridized carbons (Fsp3) is 0. The van der Waals surface area contributed by atoms with Crippen LogP contribution in [-0.2, 0) is 0 Å². The maximum Gasteiger partial charge on any atom is 0.281 e. The van der Waals surface area contributed by atoms with Gasteiger partial charge < -0.3 is 0 Å². The lowest BCUT2D eigenvalue weighted by Crippen LogP contribution is -2.58. The van der Waals surface area contributed by atoms with E-state index < -0.39 is 23.6 Å². The van der Waals surface area contributed by atoms with E-state index in [2.05, 4.69) is 0 Å². The maximum atomic E-state index is 13.4. The van der Waals surface area contributed by atoms with Gasteiger partial charge in [0, 0.05) is 21.2 Å². The molecule has 2 heterocycles. The topological polar surface area (TPSA) is 74.8 Å². The number of carbonyl (C=O) groups is 4. The Bertz CT molecular complexity index is 1470. The Morgan fingerprint density at radius 3 is 1.52 bits per heavy atom. The first kappa shape index (κ1) is 17.8. The molecule has 0 spiro atoms. The normalized spacial score (nSPS) is 15.4. The van der Waals surface area contributed by atoms with Crippen molar-refractivity contribution in [3.8, 4) is 0 Å². The van der Waals surface area contributed by atoms with Crippen LogP contribution >= 0.6 is 11.6 Å². The molecule has 2 aliphatic heterocycles. The second-order valence-corrected chi connectivity index (χ2v) is 7.78. The summed E-state index contributed by atoms with van der Waals surface area (Å²) in [6.07, 6.45) is 0. The van der Waals surface area contributed by atoms with Crippen LogP contribution in [0, 0.1) is 0 Å². The number of hydrogen-bond donors (Lipinski definition) is 0. The molecule has 0 aliphatic carbocycles. The highest BCUT2D eigenvalue weighted by Crippen LogP contribution is 2.37. The minimum atomic E-state index is -0.751. The minimum Gasteiger partial charge on any atom is -0.267 e. The molecule has 6 nitrogen and oxygen atoms in total. The maximum absolute atomic E-state index is 13.4. The van der Waals surface area contributed by atoms with E-state index in [0.29, 0.717) is 31.2 Å². The Kier molecular flexibility index (Phi) is 3.44. The van der Waals surface area contributed by atoms with E-state index in [-0.39, 0.29) is 22.3 Å². The molecule has 4 amide bonds. The third-order valence-electron chi connectivity index (χ3n) is 5.78. The SMILES string of the molecule is O=C1c2cccc3cccc(c23)C(=O)N1N1C(=O)c2cccc3c(Cl)ccc(c23)C1=O. The largest absolute Gasteiger partial charge is 0.281 e. The van der Waals surface area contributed by atoms with Crippen LogP contribution in [0.2, 0.25) is 5.02 Å². The summed E-state index contributed by atoms with van der Waals surface area (Å²) >= 11 is 6.26. The molecule has 0 bridgehead atoms. The first-order valence-corrected chi connectivity index (χ1v) is 9.87. The molecule has 0 radical (unpaired) electrons. The second kappa shape index (κ2) is 6.00. The predicted octanol–water partition coefficient (Wildman–Crippen LogP) is 4.45. The van der Waals surface area contributed by atoms with E-state index in [1.54, 1.807) is 60.7 Å². The van der Waals surface area contributed by atoms with Crippen LogP contribution < -0.4 is 0 Å². The van der Waals surface area contributed by atoms with Crippen molar-refractivity contribution in [1.82, 2.24) is 10.0 Å². The van der Waals surface area contributed by atoms with Crippen molar-refractivity contribution < 1.29 is 19.2 Å². The highest BCUT2D eigenvalue weighted by atomic mass is 35.5. The van der Waals surface area contributed by atoms with Gasteiger partial charge in [-0.15, -0.1) is 0 Å². The van der Waals surface area contributed by atoms with E-state index in [0.717, 1.165) is 5.39 Å². The summed E-state index contributed by atoms with van der Waals surface area (Å²) < 4.78 is 0. The van der Waals surface area contributed by atoms with Crippen molar-refractivity contribution >= 4 is 56.8 Å². The lowest BCUT2D eigenvalue weighted by atomic mass is 9.93. The summed E-state index contributed by atoms with van der Waals surface area (Å²) in [4.78, 5) is 53.5. The molecule has 0 atom stereocenters. The zero-order valence-electron chi connectivity index (χ0n) is 15.8. The Hall–Kier alpha value is -4.03. The number of amides is 4. The quantitative estimate of drug-likeness (QED) is 0.421. The number of benzene rings is 4. The summed E-state index contributed by atoms with van der Waals surface area (Å²) in [5.41, 5.74) is 0.918. The molecule has 0 fully saturated rings. The van der Waals surface area contributed by atoms with Gasteiger partial charge in [-0.1, -0.05) is 48.0 Å². The molecule has 4 aromatic carbocycles. The number of hydrogen-bond acceptors (Lipinski definition) is 4.